The van der Waals surface area contributed by atoms with Gasteiger partial charge in [-0.1, -0.05) is 30.3 Å². The number of carbonyl (C=O) groups excluding carboxylic acids is 2. The topological polar surface area (TPSA) is 146 Å². The Morgan fingerprint density at radius 2 is 1.68 bits per heavy atom. The summed E-state index contributed by atoms with van der Waals surface area (Å²) >= 11 is 0. The first kappa shape index (κ1) is 21.3. The molecule has 1 heterocycles. The van der Waals surface area contributed by atoms with Crippen LogP contribution in [0, 0.1) is 11.3 Å². The fourth-order valence-electron chi connectivity index (χ4n) is 3.43. The number of nitriles is 1. The number of methoxy groups -OCH3 is 2. The van der Waals surface area contributed by atoms with Crippen molar-refractivity contribution >= 4 is 17.6 Å². The second kappa shape index (κ2) is 8.51. The summed E-state index contributed by atoms with van der Waals surface area (Å²) in [7, 11) is 2.28. The molecule has 0 fully saturated rings. The number of anilines is 1. The van der Waals surface area contributed by atoms with Crippen LogP contribution >= 0.6 is 0 Å². The van der Waals surface area contributed by atoms with Gasteiger partial charge in [0.15, 0.2) is 11.5 Å². The lowest BCUT2D eigenvalue weighted by atomic mass is 9.81. The number of phenolic OH excluding ortho intramolecular Hbond substituents is 2. The Morgan fingerprint density at radius 3 is 2.23 bits per heavy atom. The SMILES string of the molecule is COC(=O)C1=C(C(=O)OC)N(c2ccc(O)c(O)c2)C(N)=C(C#N)C1c1ccccc1. The van der Waals surface area contributed by atoms with Crippen molar-refractivity contribution < 1.29 is 29.3 Å². The molecule has 9 nitrogen and oxygen atoms in total. The highest BCUT2D eigenvalue weighted by Gasteiger charge is 2.43. The van der Waals surface area contributed by atoms with E-state index < -0.39 is 29.4 Å². The lowest BCUT2D eigenvalue weighted by molar-refractivity contribution is -0.139. The average Bonchev–Trinajstić information content (AvgIpc) is 2.79. The van der Waals surface area contributed by atoms with Crippen molar-refractivity contribution in [1.29, 1.82) is 5.26 Å². The van der Waals surface area contributed by atoms with Crippen molar-refractivity contribution in [2.24, 2.45) is 5.73 Å². The van der Waals surface area contributed by atoms with Crippen molar-refractivity contribution in [2.45, 2.75) is 5.92 Å². The number of nitrogens with zero attached hydrogens (tertiary/aromatic N) is 2. The van der Waals surface area contributed by atoms with Crippen LogP contribution in [0.5, 0.6) is 11.5 Å². The van der Waals surface area contributed by atoms with Crippen molar-refractivity contribution in [3.05, 3.63) is 76.8 Å². The Bertz CT molecular complexity index is 1150. The zero-order chi connectivity index (χ0) is 22.7. The number of hydrogen-bond acceptors (Lipinski definition) is 9. The van der Waals surface area contributed by atoms with E-state index >= 15 is 0 Å². The first-order valence-electron chi connectivity index (χ1n) is 9.03. The Morgan fingerprint density at radius 1 is 1.03 bits per heavy atom. The molecule has 4 N–H and O–H groups in total. The van der Waals surface area contributed by atoms with Gasteiger partial charge in [0, 0.05) is 6.07 Å². The van der Waals surface area contributed by atoms with Crippen molar-refractivity contribution in [1.82, 2.24) is 0 Å². The molecule has 1 aliphatic rings. The van der Waals surface area contributed by atoms with Crippen LogP contribution in [0.15, 0.2) is 71.2 Å². The average molecular weight is 421 g/mol. The summed E-state index contributed by atoms with van der Waals surface area (Å²) in [6, 6.07) is 14.3. The highest BCUT2D eigenvalue weighted by atomic mass is 16.5. The van der Waals surface area contributed by atoms with E-state index in [0.29, 0.717) is 5.56 Å². The van der Waals surface area contributed by atoms with Gasteiger partial charge in [0.1, 0.15) is 11.5 Å². The van der Waals surface area contributed by atoms with E-state index in [1.165, 1.54) is 12.1 Å². The van der Waals surface area contributed by atoms with Crippen LogP contribution in [0.4, 0.5) is 5.69 Å². The van der Waals surface area contributed by atoms with Gasteiger partial charge in [0.05, 0.1) is 43.0 Å². The number of phenols is 2. The van der Waals surface area contributed by atoms with Gasteiger partial charge in [-0.25, -0.2) is 9.59 Å². The number of benzene rings is 2. The minimum Gasteiger partial charge on any atom is -0.504 e. The van der Waals surface area contributed by atoms with E-state index in [-0.39, 0.29) is 28.4 Å². The number of aromatic hydroxyl groups is 2. The predicted octanol–water partition coefficient (Wildman–Crippen LogP) is 2.00. The number of allylic oxidation sites excluding steroid dienone is 1. The molecule has 1 atom stereocenters. The number of ether oxygens (including phenoxy) is 2. The fourth-order valence-corrected chi connectivity index (χ4v) is 3.43. The molecule has 0 aromatic heterocycles. The van der Waals surface area contributed by atoms with Gasteiger partial charge in [-0.15, -0.1) is 0 Å². The highest BCUT2D eigenvalue weighted by Crippen LogP contribution is 2.44. The fraction of sp³-hybridized carbons (Fsp3) is 0.136. The quantitative estimate of drug-likeness (QED) is 0.498. The Balaban J connectivity index is 2.41. The maximum Gasteiger partial charge on any atom is 0.355 e. The molecule has 1 aliphatic heterocycles. The van der Waals surface area contributed by atoms with Gasteiger partial charge < -0.3 is 25.4 Å². The van der Waals surface area contributed by atoms with Crippen LogP contribution < -0.4 is 10.6 Å². The Hall–Kier alpha value is -4.45. The Kier molecular flexibility index (Phi) is 5.83. The zero-order valence-corrected chi connectivity index (χ0v) is 16.7. The van der Waals surface area contributed by atoms with Crippen LogP contribution in [0.25, 0.3) is 0 Å². The summed E-state index contributed by atoms with van der Waals surface area (Å²) < 4.78 is 9.83. The minimum atomic E-state index is -0.991. The molecule has 0 amide bonds. The smallest absolute Gasteiger partial charge is 0.355 e. The molecule has 31 heavy (non-hydrogen) atoms. The van der Waals surface area contributed by atoms with Crippen molar-refractivity contribution in [3.8, 4) is 17.6 Å². The lowest BCUT2D eigenvalue weighted by Crippen LogP contribution is -2.40. The highest BCUT2D eigenvalue weighted by molar-refractivity contribution is 6.06. The molecule has 0 spiro atoms. The number of hydrogen-bond donors (Lipinski definition) is 3. The lowest BCUT2D eigenvalue weighted by Gasteiger charge is -2.35. The first-order valence-corrected chi connectivity index (χ1v) is 9.03. The summed E-state index contributed by atoms with van der Waals surface area (Å²) in [5, 5.41) is 29.5. The van der Waals surface area contributed by atoms with E-state index in [2.05, 4.69) is 0 Å². The molecule has 0 saturated carbocycles. The van der Waals surface area contributed by atoms with Gasteiger partial charge >= 0.3 is 11.9 Å². The molecule has 2 aromatic rings. The molecule has 0 aliphatic carbocycles. The summed E-state index contributed by atoms with van der Waals surface area (Å²) in [5.41, 5.74) is 6.54. The van der Waals surface area contributed by atoms with Crippen LogP contribution in [0.2, 0.25) is 0 Å². The maximum absolute atomic E-state index is 12.9. The van der Waals surface area contributed by atoms with Crippen LogP contribution in [-0.4, -0.2) is 36.4 Å². The third-order valence-corrected chi connectivity index (χ3v) is 4.83. The maximum atomic E-state index is 12.9. The first-order chi connectivity index (χ1) is 14.8. The van der Waals surface area contributed by atoms with Gasteiger partial charge in [0.2, 0.25) is 0 Å². The molecular formula is C22H19N3O6. The van der Waals surface area contributed by atoms with Gasteiger partial charge in [-0.2, -0.15) is 5.26 Å². The number of esters is 2. The molecule has 3 rings (SSSR count). The zero-order valence-electron chi connectivity index (χ0n) is 16.7. The number of nitrogens with two attached hydrogens (primary N) is 1. The van der Waals surface area contributed by atoms with E-state index in [1.54, 1.807) is 30.3 Å². The second-order valence-corrected chi connectivity index (χ2v) is 6.51. The van der Waals surface area contributed by atoms with E-state index in [0.717, 1.165) is 25.2 Å². The van der Waals surface area contributed by atoms with Crippen LogP contribution in [-0.2, 0) is 19.1 Å². The van der Waals surface area contributed by atoms with Crippen LogP contribution in [0.3, 0.4) is 0 Å². The molecule has 0 bridgehead atoms. The number of rotatable bonds is 4. The molecule has 9 heteroatoms. The largest absolute Gasteiger partial charge is 0.504 e. The van der Waals surface area contributed by atoms with Gasteiger partial charge in [-0.05, 0) is 17.7 Å². The monoisotopic (exact) mass is 421 g/mol. The van der Waals surface area contributed by atoms with E-state index in [1.807, 2.05) is 6.07 Å². The summed E-state index contributed by atoms with van der Waals surface area (Å²) in [6.45, 7) is 0. The third kappa shape index (κ3) is 3.62. The molecule has 0 radical (unpaired) electrons. The van der Waals surface area contributed by atoms with E-state index in [9.17, 15) is 25.1 Å². The third-order valence-electron chi connectivity index (χ3n) is 4.83. The van der Waals surface area contributed by atoms with Crippen molar-refractivity contribution in [3.63, 3.8) is 0 Å². The van der Waals surface area contributed by atoms with E-state index in [4.69, 9.17) is 15.2 Å². The molecule has 1 unspecified atom stereocenters. The molecule has 158 valence electrons. The molecule has 2 aromatic carbocycles. The summed E-state index contributed by atoms with van der Waals surface area (Å²) in [4.78, 5) is 26.8. The van der Waals surface area contributed by atoms with Crippen LogP contribution in [0.1, 0.15) is 11.5 Å². The predicted molar refractivity (Wildman–Crippen MR) is 109 cm³/mol. The summed E-state index contributed by atoms with van der Waals surface area (Å²) in [6.07, 6.45) is 0. The minimum absolute atomic E-state index is 0.00758. The number of carbonyl (C=O) groups is 2. The molecular weight excluding hydrogens is 402 g/mol. The Labute approximate surface area is 177 Å². The van der Waals surface area contributed by atoms with Gasteiger partial charge in [-0.3, -0.25) is 4.90 Å². The summed E-state index contributed by atoms with van der Waals surface area (Å²) in [5.74, 6) is -3.79. The second-order valence-electron chi connectivity index (χ2n) is 6.51. The normalized spacial score (nSPS) is 16.0. The van der Waals surface area contributed by atoms with Gasteiger partial charge in [0.25, 0.3) is 0 Å². The molecule has 0 saturated heterocycles. The van der Waals surface area contributed by atoms with Crippen molar-refractivity contribution in [2.75, 3.05) is 19.1 Å². The standard InChI is InChI=1S/C22H19N3O6/c1-30-21(28)18-17(12-6-4-3-5-7-12)14(11-23)20(24)25(19(18)22(29)31-2)13-8-9-15(26)16(27)10-13/h3-10,17,26-27H,24H2,1-2H3.